The fourth-order valence-electron chi connectivity index (χ4n) is 3.17. The van der Waals surface area contributed by atoms with E-state index in [1.54, 1.807) is 12.1 Å². The van der Waals surface area contributed by atoms with E-state index in [0.717, 1.165) is 0 Å². The Morgan fingerprint density at radius 1 is 1.18 bits per heavy atom. The summed E-state index contributed by atoms with van der Waals surface area (Å²) in [5.74, 6) is 0.456. The molecule has 0 aliphatic carbocycles. The van der Waals surface area contributed by atoms with Crippen LogP contribution in [0.1, 0.15) is 11.8 Å². The van der Waals surface area contributed by atoms with Crippen molar-refractivity contribution >= 4 is 28.6 Å². The molecule has 10 nitrogen and oxygen atoms in total. The van der Waals surface area contributed by atoms with Gasteiger partial charge in [-0.15, -0.1) is 0 Å². The zero-order valence-electron chi connectivity index (χ0n) is 14.5. The van der Waals surface area contributed by atoms with Gasteiger partial charge in [-0.2, -0.15) is 0 Å². The maximum atomic E-state index is 10.2. The average Bonchev–Trinajstić information content (AvgIpc) is 3.23. The second kappa shape index (κ2) is 7.49. The summed E-state index contributed by atoms with van der Waals surface area (Å²) in [6, 6.07) is 4.85. The number of fused-ring (bicyclic) bond motifs is 1. The lowest BCUT2D eigenvalue weighted by Crippen LogP contribution is -2.33. The first-order valence-electron chi connectivity index (χ1n) is 8.51. The molecule has 1 aliphatic rings. The van der Waals surface area contributed by atoms with Crippen LogP contribution in [0.15, 0.2) is 30.9 Å². The normalized spacial score (nSPS) is 24.7. The Morgan fingerprint density at radius 3 is 2.71 bits per heavy atom. The highest BCUT2D eigenvalue weighted by molar-refractivity contribution is 6.31. The smallest absolute Gasteiger partial charge is 0.167 e. The molecule has 4 rings (SSSR count). The summed E-state index contributed by atoms with van der Waals surface area (Å²) in [6.07, 6.45) is -1.60. The number of nitrogens with one attached hydrogen (secondary N) is 1. The number of halogens is 1. The number of anilines is 1. The fraction of sp³-hybridized carbons (Fsp3) is 0.353. The van der Waals surface area contributed by atoms with Gasteiger partial charge in [0.2, 0.25) is 0 Å². The highest BCUT2D eigenvalue weighted by atomic mass is 35.5. The second-order valence-corrected chi connectivity index (χ2v) is 6.77. The van der Waals surface area contributed by atoms with Gasteiger partial charge in [-0.25, -0.2) is 15.0 Å². The van der Waals surface area contributed by atoms with Crippen molar-refractivity contribution in [3.8, 4) is 5.75 Å². The van der Waals surface area contributed by atoms with Gasteiger partial charge in [-0.1, -0.05) is 17.7 Å². The molecule has 1 aliphatic heterocycles. The Bertz CT molecular complexity index is 979. The molecule has 0 spiro atoms. The molecule has 148 valence electrons. The molecule has 3 aromatic rings. The van der Waals surface area contributed by atoms with E-state index in [9.17, 15) is 20.4 Å². The summed E-state index contributed by atoms with van der Waals surface area (Å²) in [7, 11) is 0. The van der Waals surface area contributed by atoms with Gasteiger partial charge in [0, 0.05) is 17.1 Å². The van der Waals surface area contributed by atoms with Gasteiger partial charge in [0.1, 0.15) is 30.4 Å². The number of nitrogens with zero attached hydrogens (tertiary/aromatic N) is 4. The van der Waals surface area contributed by atoms with Gasteiger partial charge in [-0.05, 0) is 12.1 Å². The van der Waals surface area contributed by atoms with E-state index in [4.69, 9.17) is 16.3 Å². The van der Waals surface area contributed by atoms with Crippen LogP contribution < -0.4 is 5.32 Å². The Kier molecular flexibility index (Phi) is 5.04. The van der Waals surface area contributed by atoms with Gasteiger partial charge >= 0.3 is 0 Å². The lowest BCUT2D eigenvalue weighted by atomic mass is 10.1. The molecule has 1 saturated heterocycles. The van der Waals surface area contributed by atoms with Gasteiger partial charge in [-0.3, -0.25) is 4.57 Å². The number of hydrogen-bond donors (Lipinski definition) is 5. The van der Waals surface area contributed by atoms with Gasteiger partial charge in [0.05, 0.1) is 12.9 Å². The molecule has 4 atom stereocenters. The van der Waals surface area contributed by atoms with Crippen LogP contribution in [0.5, 0.6) is 5.75 Å². The molecule has 28 heavy (non-hydrogen) atoms. The largest absolute Gasteiger partial charge is 0.508 e. The van der Waals surface area contributed by atoms with E-state index >= 15 is 0 Å². The van der Waals surface area contributed by atoms with Gasteiger partial charge < -0.3 is 30.5 Å². The van der Waals surface area contributed by atoms with Crippen molar-refractivity contribution in [3.63, 3.8) is 0 Å². The first kappa shape index (κ1) is 18.8. The van der Waals surface area contributed by atoms with Crippen LogP contribution in [0.3, 0.4) is 0 Å². The third-order valence-corrected chi connectivity index (χ3v) is 5.03. The minimum absolute atomic E-state index is 0.0577. The van der Waals surface area contributed by atoms with Crippen molar-refractivity contribution in [3.05, 3.63) is 41.4 Å². The lowest BCUT2D eigenvalue weighted by molar-refractivity contribution is -0.0511. The molecular formula is C17H18ClN5O5. The van der Waals surface area contributed by atoms with Crippen molar-refractivity contribution in [2.75, 3.05) is 11.9 Å². The minimum atomic E-state index is -1.25. The number of hydrogen-bond acceptors (Lipinski definition) is 9. The maximum Gasteiger partial charge on any atom is 0.167 e. The Balaban J connectivity index is 1.62. The number of ether oxygens (including phenoxy) is 1. The molecule has 11 heteroatoms. The van der Waals surface area contributed by atoms with Crippen molar-refractivity contribution in [2.45, 2.75) is 31.1 Å². The molecule has 0 radical (unpaired) electrons. The summed E-state index contributed by atoms with van der Waals surface area (Å²) in [5, 5.41) is 42.9. The predicted octanol–water partition coefficient (Wildman–Crippen LogP) is 0.409. The monoisotopic (exact) mass is 407 g/mol. The predicted molar refractivity (Wildman–Crippen MR) is 98.8 cm³/mol. The standard InChI is InChI=1S/C17H18ClN5O5/c18-9-2-1-3-10(25)8(9)4-19-15-12-16(21-6-20-15)23(7-22-12)17-14(27)13(26)11(5-24)28-17/h1-3,6-7,11,13-14,17,24-27H,4-5H2,(H,19,20,21)/t11-,13-,14+,17?/m1/s1. The molecule has 5 N–H and O–H groups in total. The quantitative estimate of drug-likeness (QED) is 0.405. The first-order valence-corrected chi connectivity index (χ1v) is 8.89. The molecule has 1 aromatic carbocycles. The summed E-state index contributed by atoms with van der Waals surface area (Å²) in [5.41, 5.74) is 1.29. The average molecular weight is 408 g/mol. The zero-order valence-corrected chi connectivity index (χ0v) is 15.2. The molecular weight excluding hydrogens is 390 g/mol. The fourth-order valence-corrected chi connectivity index (χ4v) is 3.41. The molecule has 0 saturated carbocycles. The third-order valence-electron chi connectivity index (χ3n) is 4.68. The summed E-state index contributed by atoms with van der Waals surface area (Å²) >= 11 is 6.12. The molecule has 1 unspecified atom stereocenters. The number of phenolic OH excluding ortho intramolecular Hbond substituents is 1. The molecule has 3 heterocycles. The maximum absolute atomic E-state index is 10.2. The number of phenols is 1. The SMILES string of the molecule is OC[C@H]1OC(n2cnc3c(NCc4c(O)cccc4Cl)ncnc32)[C@@H](O)[C@@H]1O. The van der Waals surface area contributed by atoms with Crippen molar-refractivity contribution in [1.82, 2.24) is 19.5 Å². The number of benzene rings is 1. The van der Waals surface area contributed by atoms with E-state index < -0.39 is 31.1 Å². The summed E-state index contributed by atoms with van der Waals surface area (Å²) < 4.78 is 7.00. The van der Waals surface area contributed by atoms with E-state index in [1.165, 1.54) is 23.3 Å². The Hall–Kier alpha value is -2.50. The second-order valence-electron chi connectivity index (χ2n) is 6.37. The van der Waals surface area contributed by atoms with Crippen molar-refractivity contribution < 1.29 is 25.2 Å². The topological polar surface area (TPSA) is 146 Å². The van der Waals surface area contributed by atoms with Crippen molar-refractivity contribution in [2.24, 2.45) is 0 Å². The van der Waals surface area contributed by atoms with Crippen LogP contribution in [0.25, 0.3) is 11.2 Å². The zero-order chi connectivity index (χ0) is 19.8. The number of aromatic hydroxyl groups is 1. The third kappa shape index (κ3) is 3.15. The van der Waals surface area contributed by atoms with Crippen LogP contribution in [0, 0.1) is 0 Å². The Labute approximate surface area is 164 Å². The first-order chi connectivity index (χ1) is 13.5. The van der Waals surface area contributed by atoms with E-state index in [-0.39, 0.29) is 12.3 Å². The molecule has 1 fully saturated rings. The molecule has 0 bridgehead atoms. The number of rotatable bonds is 5. The highest BCUT2D eigenvalue weighted by Gasteiger charge is 2.44. The van der Waals surface area contributed by atoms with E-state index in [2.05, 4.69) is 20.3 Å². The van der Waals surface area contributed by atoms with E-state index in [1.807, 2.05) is 0 Å². The highest BCUT2D eigenvalue weighted by Crippen LogP contribution is 2.32. The lowest BCUT2D eigenvalue weighted by Gasteiger charge is -2.16. The number of aromatic nitrogens is 4. The minimum Gasteiger partial charge on any atom is -0.508 e. The summed E-state index contributed by atoms with van der Waals surface area (Å²) in [4.78, 5) is 12.6. The van der Waals surface area contributed by atoms with Crippen LogP contribution in [0.2, 0.25) is 5.02 Å². The molecule has 2 aromatic heterocycles. The summed E-state index contributed by atoms with van der Waals surface area (Å²) in [6.45, 7) is -0.219. The van der Waals surface area contributed by atoms with Crippen LogP contribution in [-0.4, -0.2) is 64.9 Å². The molecule has 0 amide bonds. The number of aliphatic hydroxyl groups excluding tert-OH is 3. The van der Waals surface area contributed by atoms with Crippen LogP contribution in [0.4, 0.5) is 5.82 Å². The van der Waals surface area contributed by atoms with Gasteiger partial charge in [0.25, 0.3) is 0 Å². The van der Waals surface area contributed by atoms with Crippen LogP contribution in [-0.2, 0) is 11.3 Å². The number of aliphatic hydroxyl groups is 3. The number of imidazole rings is 1. The van der Waals surface area contributed by atoms with E-state index in [0.29, 0.717) is 27.6 Å². The van der Waals surface area contributed by atoms with Crippen molar-refractivity contribution in [1.29, 1.82) is 0 Å². The van der Waals surface area contributed by atoms with Gasteiger partial charge in [0.15, 0.2) is 23.2 Å². The Morgan fingerprint density at radius 2 is 2.00 bits per heavy atom. The van der Waals surface area contributed by atoms with Crippen LogP contribution >= 0.6 is 11.6 Å².